The van der Waals surface area contributed by atoms with Gasteiger partial charge in [0.15, 0.2) is 6.61 Å². The monoisotopic (exact) mass is 415 g/mol. The van der Waals surface area contributed by atoms with Gasteiger partial charge in [0, 0.05) is 5.69 Å². The maximum atomic E-state index is 12.7. The fourth-order valence-corrected chi connectivity index (χ4v) is 2.62. The highest BCUT2D eigenvalue weighted by Gasteiger charge is 2.30. The summed E-state index contributed by atoms with van der Waals surface area (Å²) in [7, 11) is 0. The lowest BCUT2D eigenvalue weighted by Crippen LogP contribution is -2.20. The zero-order valence-corrected chi connectivity index (χ0v) is 15.2. The molecule has 0 heterocycles. The van der Waals surface area contributed by atoms with Crippen molar-refractivity contribution in [3.05, 3.63) is 58.1 Å². The van der Waals surface area contributed by atoms with Crippen LogP contribution >= 0.6 is 15.9 Å². The van der Waals surface area contributed by atoms with Crippen LogP contribution in [0.1, 0.15) is 30.9 Å². The lowest BCUT2D eigenvalue weighted by Gasteiger charge is -2.12. The summed E-state index contributed by atoms with van der Waals surface area (Å²) in [4.78, 5) is 11.9. The van der Waals surface area contributed by atoms with E-state index >= 15 is 0 Å². The molecule has 1 amide bonds. The van der Waals surface area contributed by atoms with Gasteiger partial charge >= 0.3 is 6.18 Å². The van der Waals surface area contributed by atoms with Crippen LogP contribution in [0.25, 0.3) is 0 Å². The second-order valence-corrected chi connectivity index (χ2v) is 6.61. The van der Waals surface area contributed by atoms with Crippen LogP contribution in [-0.4, -0.2) is 12.5 Å². The van der Waals surface area contributed by atoms with Crippen molar-refractivity contribution in [2.24, 2.45) is 0 Å². The second kappa shape index (κ2) is 7.91. The third kappa shape index (κ3) is 5.49. The largest absolute Gasteiger partial charge is 0.483 e. The highest BCUT2D eigenvalue weighted by molar-refractivity contribution is 9.10. The maximum absolute atomic E-state index is 12.7. The van der Waals surface area contributed by atoms with Crippen LogP contribution in [0.4, 0.5) is 18.9 Å². The van der Waals surface area contributed by atoms with Crippen molar-refractivity contribution in [2.75, 3.05) is 11.9 Å². The normalized spacial score (nSPS) is 11.5. The maximum Gasteiger partial charge on any atom is 0.416 e. The summed E-state index contributed by atoms with van der Waals surface area (Å²) in [5.41, 5.74) is 0.364. The first-order valence-corrected chi connectivity index (χ1v) is 8.35. The number of hydrogen-bond acceptors (Lipinski definition) is 2. The number of rotatable bonds is 5. The van der Waals surface area contributed by atoms with E-state index in [1.807, 2.05) is 12.1 Å². The van der Waals surface area contributed by atoms with E-state index in [0.717, 1.165) is 17.7 Å². The number of carbonyl (C=O) groups excluding carboxylic acids is 1. The Morgan fingerprint density at radius 3 is 2.52 bits per heavy atom. The van der Waals surface area contributed by atoms with Gasteiger partial charge in [0.1, 0.15) is 5.75 Å². The molecule has 3 nitrogen and oxygen atoms in total. The predicted molar refractivity (Wildman–Crippen MR) is 93.8 cm³/mol. The zero-order chi connectivity index (χ0) is 18.6. The minimum absolute atomic E-state index is 0.0673. The van der Waals surface area contributed by atoms with Gasteiger partial charge in [-0.15, -0.1) is 0 Å². The Hall–Kier alpha value is -2.02. The standard InChI is InChI=1S/C18H17BrF3NO2/c1-11(2)12-6-7-16(15(19)8-12)25-10-17(24)23-14-5-3-4-13(9-14)18(20,21)22/h3-9,11H,10H2,1-2H3,(H,23,24). The van der Waals surface area contributed by atoms with Crippen molar-refractivity contribution >= 4 is 27.5 Å². The minimum atomic E-state index is -4.46. The summed E-state index contributed by atoms with van der Waals surface area (Å²) >= 11 is 3.38. The molecule has 0 unspecified atom stereocenters. The number of amides is 1. The number of anilines is 1. The first-order chi connectivity index (χ1) is 11.7. The van der Waals surface area contributed by atoms with E-state index in [0.29, 0.717) is 16.1 Å². The Labute approximate surface area is 152 Å². The summed E-state index contributed by atoms with van der Waals surface area (Å²) in [6.45, 7) is 3.81. The van der Waals surface area contributed by atoms with E-state index in [9.17, 15) is 18.0 Å². The number of benzene rings is 2. The van der Waals surface area contributed by atoms with Crippen molar-refractivity contribution < 1.29 is 22.7 Å². The predicted octanol–water partition coefficient (Wildman–Crippen LogP) is 5.61. The number of alkyl halides is 3. The van der Waals surface area contributed by atoms with Crippen LogP contribution in [0, 0.1) is 0 Å². The molecule has 1 N–H and O–H groups in total. The highest BCUT2D eigenvalue weighted by Crippen LogP contribution is 2.31. The van der Waals surface area contributed by atoms with Crippen LogP contribution in [0.15, 0.2) is 46.9 Å². The minimum Gasteiger partial charge on any atom is -0.483 e. The summed E-state index contributed by atoms with van der Waals surface area (Å²) in [5, 5.41) is 2.39. The fraction of sp³-hybridized carbons (Fsp3) is 0.278. The highest BCUT2D eigenvalue weighted by atomic mass is 79.9. The number of carbonyl (C=O) groups is 1. The molecule has 0 fully saturated rings. The average molecular weight is 416 g/mol. The quantitative estimate of drug-likeness (QED) is 0.688. The Kier molecular flexibility index (Phi) is 6.11. The molecule has 0 saturated carbocycles. The summed E-state index contributed by atoms with van der Waals surface area (Å²) in [6, 6.07) is 10.0. The molecule has 0 spiro atoms. The third-order valence-electron chi connectivity index (χ3n) is 3.46. The molecule has 25 heavy (non-hydrogen) atoms. The molecule has 0 aromatic heterocycles. The van der Waals surface area contributed by atoms with E-state index in [1.54, 1.807) is 6.07 Å². The summed E-state index contributed by atoms with van der Waals surface area (Å²) in [5.74, 6) is 0.303. The van der Waals surface area contributed by atoms with Crippen LogP contribution in [0.3, 0.4) is 0 Å². The molecule has 0 aliphatic heterocycles. The van der Waals surface area contributed by atoms with Gasteiger partial charge in [-0.2, -0.15) is 13.2 Å². The lowest BCUT2D eigenvalue weighted by atomic mass is 10.0. The molecule has 7 heteroatoms. The van der Waals surface area contributed by atoms with Crippen molar-refractivity contribution in [1.82, 2.24) is 0 Å². The van der Waals surface area contributed by atoms with Gasteiger partial charge in [-0.25, -0.2) is 0 Å². The zero-order valence-electron chi connectivity index (χ0n) is 13.7. The van der Waals surface area contributed by atoms with Gasteiger partial charge in [0.05, 0.1) is 10.0 Å². The van der Waals surface area contributed by atoms with Crippen LogP contribution in [0.2, 0.25) is 0 Å². The van der Waals surface area contributed by atoms with Crippen LogP contribution < -0.4 is 10.1 Å². The van der Waals surface area contributed by atoms with Gasteiger partial charge in [0.2, 0.25) is 0 Å². The molecule has 2 aromatic rings. The number of halogens is 4. The Morgan fingerprint density at radius 1 is 1.20 bits per heavy atom. The molecule has 0 radical (unpaired) electrons. The number of hydrogen-bond donors (Lipinski definition) is 1. The molecular formula is C18H17BrF3NO2. The number of ether oxygens (including phenoxy) is 1. The van der Waals surface area contributed by atoms with E-state index in [4.69, 9.17) is 4.74 Å². The van der Waals surface area contributed by atoms with Crippen molar-refractivity contribution in [3.63, 3.8) is 0 Å². The average Bonchev–Trinajstić information content (AvgIpc) is 2.53. The van der Waals surface area contributed by atoms with Crippen LogP contribution in [0.5, 0.6) is 5.75 Å². The first kappa shape index (κ1) is 19.3. The van der Waals surface area contributed by atoms with E-state index < -0.39 is 17.6 Å². The molecule has 134 valence electrons. The Morgan fingerprint density at radius 2 is 1.92 bits per heavy atom. The van der Waals surface area contributed by atoms with Gasteiger partial charge in [-0.05, 0) is 57.7 Å². The second-order valence-electron chi connectivity index (χ2n) is 5.76. The fourth-order valence-electron chi connectivity index (χ4n) is 2.11. The molecule has 0 saturated heterocycles. The summed E-state index contributed by atoms with van der Waals surface area (Å²) < 4.78 is 44.1. The van der Waals surface area contributed by atoms with Crippen molar-refractivity contribution in [2.45, 2.75) is 25.9 Å². The molecule has 0 aliphatic carbocycles. The lowest BCUT2D eigenvalue weighted by molar-refractivity contribution is -0.137. The molecule has 0 atom stereocenters. The van der Waals surface area contributed by atoms with E-state index in [2.05, 4.69) is 35.1 Å². The molecule has 0 aliphatic rings. The van der Waals surface area contributed by atoms with Gasteiger partial charge in [0.25, 0.3) is 5.91 Å². The Balaban J connectivity index is 1.97. The molecule has 0 bridgehead atoms. The number of nitrogens with one attached hydrogen (secondary N) is 1. The third-order valence-corrected chi connectivity index (χ3v) is 4.07. The molecular weight excluding hydrogens is 399 g/mol. The summed E-state index contributed by atoms with van der Waals surface area (Å²) in [6.07, 6.45) is -4.46. The van der Waals surface area contributed by atoms with Gasteiger partial charge in [-0.3, -0.25) is 4.79 Å². The molecule has 2 rings (SSSR count). The first-order valence-electron chi connectivity index (χ1n) is 7.56. The smallest absolute Gasteiger partial charge is 0.416 e. The Bertz CT molecular complexity index is 760. The van der Waals surface area contributed by atoms with Crippen molar-refractivity contribution in [3.8, 4) is 5.75 Å². The van der Waals surface area contributed by atoms with Gasteiger partial charge < -0.3 is 10.1 Å². The SMILES string of the molecule is CC(C)c1ccc(OCC(=O)Nc2cccc(C(F)(F)F)c2)c(Br)c1. The van der Waals surface area contributed by atoms with Crippen LogP contribution in [-0.2, 0) is 11.0 Å². The van der Waals surface area contributed by atoms with E-state index in [-0.39, 0.29) is 12.3 Å². The van der Waals surface area contributed by atoms with Gasteiger partial charge in [-0.1, -0.05) is 26.0 Å². The molecule has 2 aromatic carbocycles. The van der Waals surface area contributed by atoms with Crippen molar-refractivity contribution in [1.29, 1.82) is 0 Å². The topological polar surface area (TPSA) is 38.3 Å². The van der Waals surface area contributed by atoms with E-state index in [1.165, 1.54) is 12.1 Å².